The van der Waals surface area contributed by atoms with Gasteiger partial charge in [0.25, 0.3) is 0 Å². The van der Waals surface area contributed by atoms with Gasteiger partial charge in [0, 0.05) is 23.1 Å². The molecule has 34 heavy (non-hydrogen) atoms. The van der Waals surface area contributed by atoms with Crippen LogP contribution in [0.4, 0.5) is 17.1 Å². The number of hydrogen-bond donors (Lipinski definition) is 1. The number of anilines is 3. The molecular formula is C26H28N6OS. The van der Waals surface area contributed by atoms with Crippen molar-refractivity contribution in [2.45, 2.75) is 38.9 Å². The van der Waals surface area contributed by atoms with E-state index < -0.39 is 0 Å². The Morgan fingerprint density at radius 2 is 1.71 bits per heavy atom. The van der Waals surface area contributed by atoms with E-state index in [-0.39, 0.29) is 11.7 Å². The molecule has 0 bridgehead atoms. The molecule has 8 heteroatoms. The predicted octanol–water partition coefficient (Wildman–Crippen LogP) is 5.56. The Hall–Kier alpha value is -3.65. The molecule has 0 atom stereocenters. The van der Waals surface area contributed by atoms with Gasteiger partial charge in [-0.05, 0) is 86.1 Å². The Morgan fingerprint density at radius 3 is 2.38 bits per heavy atom. The number of nitrogens with zero attached hydrogens (tertiary/aromatic N) is 5. The molecule has 7 nitrogen and oxygen atoms in total. The van der Waals surface area contributed by atoms with E-state index in [1.54, 1.807) is 4.68 Å². The van der Waals surface area contributed by atoms with E-state index in [0.29, 0.717) is 11.2 Å². The number of nitrogens with one attached hydrogen (secondary N) is 1. The van der Waals surface area contributed by atoms with E-state index in [4.69, 9.17) is 0 Å². The molecule has 3 aromatic carbocycles. The molecule has 0 spiro atoms. The molecule has 1 aromatic heterocycles. The third-order valence-corrected chi connectivity index (χ3v) is 6.25. The molecule has 0 aliphatic rings. The first kappa shape index (κ1) is 23.5. The maximum atomic E-state index is 12.6. The van der Waals surface area contributed by atoms with Crippen LogP contribution in [-0.4, -0.2) is 37.9 Å². The molecule has 0 aliphatic carbocycles. The van der Waals surface area contributed by atoms with Crippen LogP contribution in [0.15, 0.2) is 78.0 Å². The molecule has 0 saturated heterocycles. The van der Waals surface area contributed by atoms with Gasteiger partial charge in [-0.25, -0.2) is 0 Å². The summed E-state index contributed by atoms with van der Waals surface area (Å²) in [6.07, 6.45) is 0. The molecule has 0 radical (unpaired) electrons. The number of carbonyl (C=O) groups excluding carboxylic acids is 1. The maximum absolute atomic E-state index is 12.6. The van der Waals surface area contributed by atoms with Crippen molar-refractivity contribution in [3.8, 4) is 5.69 Å². The van der Waals surface area contributed by atoms with E-state index in [1.807, 2.05) is 68.4 Å². The summed E-state index contributed by atoms with van der Waals surface area (Å²) < 4.78 is 1.67. The number of aryl methyl sites for hydroxylation is 2. The van der Waals surface area contributed by atoms with Crippen LogP contribution in [0.3, 0.4) is 0 Å². The van der Waals surface area contributed by atoms with E-state index in [1.165, 1.54) is 17.3 Å². The Morgan fingerprint density at radius 1 is 1.00 bits per heavy atom. The number of carbonyl (C=O) groups is 1. The van der Waals surface area contributed by atoms with Crippen molar-refractivity contribution in [3.05, 3.63) is 83.9 Å². The van der Waals surface area contributed by atoms with Crippen molar-refractivity contribution in [3.63, 3.8) is 0 Å². The highest BCUT2D eigenvalue weighted by Crippen LogP contribution is 2.29. The molecular weight excluding hydrogens is 444 g/mol. The van der Waals surface area contributed by atoms with Crippen molar-refractivity contribution < 1.29 is 4.79 Å². The Kier molecular flexibility index (Phi) is 7.27. The van der Waals surface area contributed by atoms with E-state index in [2.05, 4.69) is 57.8 Å². The fraction of sp³-hybridized carbons (Fsp3) is 0.231. The number of thioether (sulfide) groups is 1. The third-order valence-electron chi connectivity index (χ3n) is 5.33. The van der Waals surface area contributed by atoms with Crippen LogP contribution in [0.25, 0.3) is 5.69 Å². The zero-order valence-electron chi connectivity index (χ0n) is 19.8. The summed E-state index contributed by atoms with van der Waals surface area (Å²) in [7, 11) is 0. The lowest BCUT2D eigenvalue weighted by atomic mass is 10.1. The minimum Gasteiger partial charge on any atom is -0.339 e. The third kappa shape index (κ3) is 5.46. The number of hydrogen-bond acceptors (Lipinski definition) is 6. The van der Waals surface area contributed by atoms with Gasteiger partial charge in [-0.2, -0.15) is 4.68 Å². The molecule has 1 N–H and O–H groups in total. The smallest absolute Gasteiger partial charge is 0.234 e. The standard InChI is InChI=1S/C26H28N6OS/c1-18(2)31(22-8-6-5-7-9-22)23-13-11-21(12-14-23)27-25(33)17-34-26-28-29-30-32(26)24-15-10-19(3)16-20(24)4/h5-16,18H,17H2,1-4H3,(H,27,33). The molecule has 1 amide bonds. The largest absolute Gasteiger partial charge is 0.339 e. The van der Waals surface area contributed by atoms with Crippen molar-refractivity contribution in [1.82, 2.24) is 20.2 Å². The van der Waals surface area contributed by atoms with Gasteiger partial charge in [-0.3, -0.25) is 4.79 Å². The molecule has 1 heterocycles. The lowest BCUT2D eigenvalue weighted by molar-refractivity contribution is -0.113. The summed E-state index contributed by atoms with van der Waals surface area (Å²) in [4.78, 5) is 14.9. The zero-order valence-corrected chi connectivity index (χ0v) is 20.6. The first-order chi connectivity index (χ1) is 16.4. The van der Waals surface area contributed by atoms with Gasteiger partial charge in [0.05, 0.1) is 11.4 Å². The van der Waals surface area contributed by atoms with Crippen LogP contribution in [-0.2, 0) is 4.79 Å². The second-order valence-corrected chi connectivity index (χ2v) is 9.29. The monoisotopic (exact) mass is 472 g/mol. The number of amides is 1. The molecule has 0 unspecified atom stereocenters. The topological polar surface area (TPSA) is 75.9 Å². The highest BCUT2D eigenvalue weighted by atomic mass is 32.2. The molecule has 174 valence electrons. The van der Waals surface area contributed by atoms with Gasteiger partial charge in [-0.15, -0.1) is 5.10 Å². The van der Waals surface area contributed by atoms with Gasteiger partial charge in [0.1, 0.15) is 0 Å². The molecule has 4 aromatic rings. The Balaban J connectivity index is 1.39. The minimum absolute atomic E-state index is 0.114. The lowest BCUT2D eigenvalue weighted by Gasteiger charge is -2.29. The van der Waals surface area contributed by atoms with E-state index in [0.717, 1.165) is 28.3 Å². The number of benzene rings is 3. The van der Waals surface area contributed by atoms with Crippen molar-refractivity contribution in [1.29, 1.82) is 0 Å². The number of tetrazole rings is 1. The van der Waals surface area contributed by atoms with Crippen LogP contribution >= 0.6 is 11.8 Å². The van der Waals surface area contributed by atoms with Gasteiger partial charge < -0.3 is 10.2 Å². The zero-order chi connectivity index (χ0) is 24.1. The van der Waals surface area contributed by atoms with E-state index in [9.17, 15) is 4.79 Å². The first-order valence-electron chi connectivity index (χ1n) is 11.2. The number of rotatable bonds is 8. The second-order valence-electron chi connectivity index (χ2n) is 8.35. The highest BCUT2D eigenvalue weighted by molar-refractivity contribution is 7.99. The lowest BCUT2D eigenvalue weighted by Crippen LogP contribution is -2.25. The van der Waals surface area contributed by atoms with Gasteiger partial charge in [0.15, 0.2) is 0 Å². The van der Waals surface area contributed by atoms with Crippen molar-refractivity contribution in [2.75, 3.05) is 16.0 Å². The summed E-state index contributed by atoms with van der Waals surface area (Å²) in [6, 6.07) is 24.6. The fourth-order valence-corrected chi connectivity index (χ4v) is 4.51. The fourth-order valence-electron chi connectivity index (χ4n) is 3.83. The first-order valence-corrected chi connectivity index (χ1v) is 12.1. The number of aromatic nitrogens is 4. The molecule has 0 fully saturated rings. The SMILES string of the molecule is Cc1ccc(-n2nnnc2SCC(=O)Nc2ccc(N(c3ccccc3)C(C)C)cc2)c(C)c1. The van der Waals surface area contributed by atoms with Crippen LogP contribution in [0.2, 0.25) is 0 Å². The average Bonchev–Trinajstić information content (AvgIpc) is 3.28. The quantitative estimate of drug-likeness (QED) is 0.339. The van der Waals surface area contributed by atoms with Crippen LogP contribution in [0.5, 0.6) is 0 Å². The van der Waals surface area contributed by atoms with Gasteiger partial charge in [-0.1, -0.05) is 47.7 Å². The summed E-state index contributed by atoms with van der Waals surface area (Å²) in [6.45, 7) is 8.38. The van der Waals surface area contributed by atoms with Crippen molar-refractivity contribution in [2.24, 2.45) is 0 Å². The molecule has 4 rings (SSSR count). The maximum Gasteiger partial charge on any atom is 0.234 e. The van der Waals surface area contributed by atoms with E-state index >= 15 is 0 Å². The summed E-state index contributed by atoms with van der Waals surface area (Å²) in [5.41, 5.74) is 6.11. The summed E-state index contributed by atoms with van der Waals surface area (Å²) in [5.74, 6) is 0.0894. The molecule has 0 aliphatic heterocycles. The van der Waals surface area contributed by atoms with Crippen LogP contribution in [0.1, 0.15) is 25.0 Å². The molecule has 0 saturated carbocycles. The summed E-state index contributed by atoms with van der Waals surface area (Å²) >= 11 is 1.30. The average molecular weight is 473 g/mol. The minimum atomic E-state index is -0.114. The Labute approximate surface area is 204 Å². The predicted molar refractivity (Wildman–Crippen MR) is 138 cm³/mol. The normalized spacial score (nSPS) is 11.0. The van der Waals surface area contributed by atoms with Crippen molar-refractivity contribution >= 4 is 34.7 Å². The number of para-hydroxylation sites is 1. The summed E-state index contributed by atoms with van der Waals surface area (Å²) in [5, 5.41) is 15.5. The van der Waals surface area contributed by atoms with Gasteiger partial charge in [0.2, 0.25) is 11.1 Å². The van der Waals surface area contributed by atoms with Gasteiger partial charge >= 0.3 is 0 Å². The second kappa shape index (κ2) is 10.5. The Bertz CT molecular complexity index is 1250. The van der Waals surface area contributed by atoms with Crippen LogP contribution < -0.4 is 10.2 Å². The highest BCUT2D eigenvalue weighted by Gasteiger charge is 2.15. The van der Waals surface area contributed by atoms with Crippen LogP contribution in [0, 0.1) is 13.8 Å².